The number of hydrogen-bond acceptors (Lipinski definition) is 4. The van der Waals surface area contributed by atoms with Crippen LogP contribution in [0.25, 0.3) is 0 Å². The highest BCUT2D eigenvalue weighted by Gasteiger charge is 2.12. The Balaban J connectivity index is 2.41. The van der Waals surface area contributed by atoms with E-state index in [1.807, 2.05) is 6.07 Å². The summed E-state index contributed by atoms with van der Waals surface area (Å²) < 4.78 is 0. The Bertz CT molecular complexity index is 458. The van der Waals surface area contributed by atoms with Crippen molar-refractivity contribution in [1.29, 1.82) is 0 Å². The molecule has 0 radical (unpaired) electrons. The van der Waals surface area contributed by atoms with Crippen LogP contribution in [-0.4, -0.2) is 42.1 Å². The molecule has 0 spiro atoms. The van der Waals surface area contributed by atoms with Gasteiger partial charge in [0.2, 0.25) is 11.8 Å². The van der Waals surface area contributed by atoms with Crippen molar-refractivity contribution >= 4 is 17.6 Å². The highest BCUT2D eigenvalue weighted by atomic mass is 16.2. The van der Waals surface area contributed by atoms with Crippen LogP contribution in [0.2, 0.25) is 0 Å². The fourth-order valence-electron chi connectivity index (χ4n) is 1.89. The second kappa shape index (κ2) is 8.06. The summed E-state index contributed by atoms with van der Waals surface area (Å²) in [6.45, 7) is 0.343. The third kappa shape index (κ3) is 6.10. The smallest absolute Gasteiger partial charge is 0.231 e. The number of rotatable bonds is 9. The molecule has 2 amide bonds. The van der Waals surface area contributed by atoms with Gasteiger partial charge in [0, 0.05) is 12.0 Å². The Morgan fingerprint density at radius 2 is 1.50 bits per heavy atom. The molecule has 0 aliphatic carbocycles. The van der Waals surface area contributed by atoms with E-state index in [-0.39, 0.29) is 18.9 Å². The minimum atomic E-state index is -0.527. The second-order valence-electron chi connectivity index (χ2n) is 4.54. The van der Waals surface area contributed by atoms with Gasteiger partial charge in [0.25, 0.3) is 0 Å². The molecule has 0 saturated heterocycles. The van der Waals surface area contributed by atoms with Crippen LogP contribution < -0.4 is 11.5 Å². The summed E-state index contributed by atoms with van der Waals surface area (Å²) in [4.78, 5) is 35.2. The molecule has 0 saturated carbocycles. The van der Waals surface area contributed by atoms with E-state index in [1.54, 1.807) is 29.2 Å². The van der Waals surface area contributed by atoms with Crippen LogP contribution in [0.5, 0.6) is 0 Å². The molecule has 20 heavy (non-hydrogen) atoms. The zero-order valence-corrected chi connectivity index (χ0v) is 11.2. The molecule has 0 unspecified atom stereocenters. The molecular formula is C14H19N3O3. The first-order chi connectivity index (χ1) is 9.49. The van der Waals surface area contributed by atoms with E-state index in [0.717, 1.165) is 0 Å². The van der Waals surface area contributed by atoms with E-state index >= 15 is 0 Å². The lowest BCUT2D eigenvalue weighted by Crippen LogP contribution is -2.40. The molecule has 0 aliphatic heterocycles. The number of benzene rings is 1. The molecule has 0 heterocycles. The molecule has 0 aromatic heterocycles. The predicted molar refractivity (Wildman–Crippen MR) is 74.8 cm³/mol. The highest BCUT2D eigenvalue weighted by Crippen LogP contribution is 2.05. The predicted octanol–water partition coefficient (Wildman–Crippen LogP) is -0.0779. The number of Topliss-reactive ketones (excluding diaryl/α,β-unsaturated/α-hetero) is 1. The lowest BCUT2D eigenvalue weighted by Gasteiger charge is -2.18. The van der Waals surface area contributed by atoms with E-state index in [0.29, 0.717) is 24.9 Å². The topological polar surface area (TPSA) is 106 Å². The number of ketones is 1. The molecule has 1 aromatic rings. The van der Waals surface area contributed by atoms with E-state index in [2.05, 4.69) is 0 Å². The van der Waals surface area contributed by atoms with Crippen LogP contribution in [0.15, 0.2) is 30.3 Å². The van der Waals surface area contributed by atoms with Crippen LogP contribution in [0, 0.1) is 0 Å². The molecule has 6 heteroatoms. The largest absolute Gasteiger partial charge is 0.369 e. The Labute approximate surface area is 117 Å². The van der Waals surface area contributed by atoms with Crippen LogP contribution in [0.4, 0.5) is 0 Å². The number of hydrogen-bond donors (Lipinski definition) is 2. The zero-order chi connectivity index (χ0) is 15.0. The SMILES string of the molecule is NC(=O)CN(CCCC(=O)c1ccccc1)CC(N)=O. The normalized spacial score (nSPS) is 10.4. The number of nitrogens with zero attached hydrogens (tertiary/aromatic N) is 1. The van der Waals surface area contributed by atoms with Gasteiger partial charge in [-0.3, -0.25) is 19.3 Å². The minimum Gasteiger partial charge on any atom is -0.369 e. The molecule has 1 rings (SSSR count). The summed E-state index contributed by atoms with van der Waals surface area (Å²) in [6.07, 6.45) is 0.881. The lowest BCUT2D eigenvalue weighted by atomic mass is 10.1. The maximum absolute atomic E-state index is 11.9. The van der Waals surface area contributed by atoms with Crippen molar-refractivity contribution in [3.63, 3.8) is 0 Å². The summed E-state index contributed by atoms with van der Waals surface area (Å²) in [5.41, 5.74) is 10.8. The summed E-state index contributed by atoms with van der Waals surface area (Å²) in [5.74, 6) is -1.02. The quantitative estimate of drug-likeness (QED) is 0.616. The van der Waals surface area contributed by atoms with Gasteiger partial charge in [0.1, 0.15) is 0 Å². The van der Waals surface area contributed by atoms with Crippen LogP contribution in [0.1, 0.15) is 23.2 Å². The molecule has 108 valence electrons. The van der Waals surface area contributed by atoms with E-state index in [4.69, 9.17) is 11.5 Å². The van der Waals surface area contributed by atoms with Gasteiger partial charge < -0.3 is 11.5 Å². The van der Waals surface area contributed by atoms with Crippen molar-refractivity contribution in [2.75, 3.05) is 19.6 Å². The standard InChI is InChI=1S/C14H19N3O3/c15-13(19)9-17(10-14(16)20)8-4-7-12(18)11-5-2-1-3-6-11/h1-3,5-6H,4,7-10H2,(H2,15,19)(H2,16,20). The summed E-state index contributed by atoms with van der Waals surface area (Å²) >= 11 is 0. The Kier molecular flexibility index (Phi) is 6.39. The molecule has 6 nitrogen and oxygen atoms in total. The number of primary amides is 2. The Morgan fingerprint density at radius 3 is 2.00 bits per heavy atom. The summed E-state index contributed by atoms with van der Waals surface area (Å²) in [7, 11) is 0. The third-order valence-corrected chi connectivity index (χ3v) is 2.73. The van der Waals surface area contributed by atoms with Crippen molar-refractivity contribution in [2.45, 2.75) is 12.8 Å². The van der Waals surface area contributed by atoms with Gasteiger partial charge in [0.05, 0.1) is 13.1 Å². The molecular weight excluding hydrogens is 258 g/mol. The van der Waals surface area contributed by atoms with Crippen molar-refractivity contribution < 1.29 is 14.4 Å². The molecule has 1 aromatic carbocycles. The van der Waals surface area contributed by atoms with Gasteiger partial charge in [-0.1, -0.05) is 30.3 Å². The number of amides is 2. The van der Waals surface area contributed by atoms with E-state index < -0.39 is 11.8 Å². The number of carbonyl (C=O) groups is 3. The number of nitrogens with two attached hydrogens (primary N) is 2. The van der Waals surface area contributed by atoms with Gasteiger partial charge >= 0.3 is 0 Å². The van der Waals surface area contributed by atoms with E-state index in [1.165, 1.54) is 0 Å². The van der Waals surface area contributed by atoms with Gasteiger partial charge in [-0.15, -0.1) is 0 Å². The maximum Gasteiger partial charge on any atom is 0.231 e. The first-order valence-electron chi connectivity index (χ1n) is 6.36. The average Bonchev–Trinajstić information content (AvgIpc) is 2.38. The fourth-order valence-corrected chi connectivity index (χ4v) is 1.89. The monoisotopic (exact) mass is 277 g/mol. The number of carbonyl (C=O) groups excluding carboxylic acids is 3. The van der Waals surface area contributed by atoms with Crippen LogP contribution in [-0.2, 0) is 9.59 Å². The summed E-state index contributed by atoms with van der Waals surface area (Å²) in [5, 5.41) is 0. The average molecular weight is 277 g/mol. The maximum atomic E-state index is 11.9. The molecule has 0 bridgehead atoms. The van der Waals surface area contributed by atoms with Crippen LogP contribution in [0.3, 0.4) is 0 Å². The molecule has 0 atom stereocenters. The Morgan fingerprint density at radius 1 is 0.950 bits per heavy atom. The second-order valence-corrected chi connectivity index (χ2v) is 4.54. The first-order valence-corrected chi connectivity index (χ1v) is 6.36. The van der Waals surface area contributed by atoms with Gasteiger partial charge in [-0.05, 0) is 13.0 Å². The Hall–Kier alpha value is -2.21. The lowest BCUT2D eigenvalue weighted by molar-refractivity contribution is -0.121. The summed E-state index contributed by atoms with van der Waals surface area (Å²) in [6, 6.07) is 8.97. The fraction of sp³-hybridized carbons (Fsp3) is 0.357. The van der Waals surface area contributed by atoms with Crippen molar-refractivity contribution in [3.05, 3.63) is 35.9 Å². The van der Waals surface area contributed by atoms with Crippen molar-refractivity contribution in [3.8, 4) is 0 Å². The third-order valence-electron chi connectivity index (χ3n) is 2.73. The molecule has 0 fully saturated rings. The van der Waals surface area contributed by atoms with Crippen molar-refractivity contribution in [1.82, 2.24) is 4.90 Å². The highest BCUT2D eigenvalue weighted by molar-refractivity contribution is 5.95. The van der Waals surface area contributed by atoms with Gasteiger partial charge in [-0.25, -0.2) is 0 Å². The molecule has 0 aliphatic rings. The van der Waals surface area contributed by atoms with Gasteiger partial charge in [0.15, 0.2) is 5.78 Å². The zero-order valence-electron chi connectivity index (χ0n) is 11.2. The minimum absolute atomic E-state index is 0.0312. The van der Waals surface area contributed by atoms with Gasteiger partial charge in [-0.2, -0.15) is 0 Å². The van der Waals surface area contributed by atoms with Crippen molar-refractivity contribution in [2.24, 2.45) is 11.5 Å². The first kappa shape index (κ1) is 15.8. The van der Waals surface area contributed by atoms with Crippen LogP contribution >= 0.6 is 0 Å². The molecule has 4 N–H and O–H groups in total. The van der Waals surface area contributed by atoms with E-state index in [9.17, 15) is 14.4 Å².